The quantitative estimate of drug-likeness (QED) is 0.609. The summed E-state index contributed by atoms with van der Waals surface area (Å²) in [4.78, 5) is 15.1. The third kappa shape index (κ3) is 3.68. The Morgan fingerprint density at radius 3 is 2.75 bits per heavy atom. The van der Waals surface area contributed by atoms with E-state index < -0.39 is 6.86 Å². The number of nitrogens with one attached hydrogen (secondary N) is 1. The number of rotatable bonds is 5. The first-order chi connectivity index (χ1) is 7.77. The molecule has 0 unspecified atom stereocenters. The Labute approximate surface area is 93.1 Å². The van der Waals surface area contributed by atoms with Crippen LogP contribution in [0.1, 0.15) is 15.9 Å². The summed E-state index contributed by atoms with van der Waals surface area (Å²) in [6.45, 7) is -0.479. The van der Waals surface area contributed by atoms with Crippen LogP contribution in [0.4, 0.5) is 4.39 Å². The third-order valence-electron chi connectivity index (χ3n) is 1.93. The number of benzene rings is 1. The Morgan fingerprint density at radius 1 is 1.50 bits per heavy atom. The minimum atomic E-state index is -0.876. The Hall–Kier alpha value is -1.91. The highest BCUT2D eigenvalue weighted by Crippen LogP contribution is 2.05. The molecule has 0 fully saturated rings. The molecule has 0 saturated heterocycles. The van der Waals surface area contributed by atoms with Crippen molar-refractivity contribution in [1.82, 2.24) is 5.32 Å². The molecular formula is C11H13FN2O2. The monoisotopic (exact) mass is 224 g/mol. The van der Waals surface area contributed by atoms with Crippen LogP contribution in [0.25, 0.3) is 0 Å². The molecule has 0 atom stereocenters. The van der Waals surface area contributed by atoms with E-state index in [2.05, 4.69) is 15.0 Å². The first-order valence-electron chi connectivity index (χ1n) is 4.75. The fraction of sp³-hybridized carbons (Fsp3) is 0.273. The molecule has 1 aromatic rings. The Balaban J connectivity index is 2.54. The van der Waals surface area contributed by atoms with Crippen LogP contribution in [-0.4, -0.2) is 26.2 Å². The Kier molecular flexibility index (Phi) is 4.98. The highest BCUT2D eigenvalue weighted by molar-refractivity contribution is 5.93. The van der Waals surface area contributed by atoms with Crippen LogP contribution in [-0.2, 0) is 11.3 Å². The molecule has 0 spiro atoms. The highest BCUT2D eigenvalue weighted by Gasteiger charge is 2.01. The van der Waals surface area contributed by atoms with Gasteiger partial charge in [-0.1, -0.05) is 12.1 Å². The van der Waals surface area contributed by atoms with Crippen LogP contribution in [0.2, 0.25) is 0 Å². The van der Waals surface area contributed by atoms with Gasteiger partial charge in [0.2, 0.25) is 6.86 Å². The predicted octanol–water partition coefficient (Wildman–Crippen LogP) is 1.52. The van der Waals surface area contributed by atoms with Crippen molar-refractivity contribution in [2.75, 3.05) is 13.9 Å². The maximum atomic E-state index is 11.5. The van der Waals surface area contributed by atoms with Gasteiger partial charge in [0.15, 0.2) is 6.40 Å². The summed E-state index contributed by atoms with van der Waals surface area (Å²) in [7, 11) is 1.58. The van der Waals surface area contributed by atoms with Gasteiger partial charge in [-0.15, -0.1) is 0 Å². The molecule has 1 amide bonds. The van der Waals surface area contributed by atoms with Gasteiger partial charge in [0.1, 0.15) is 0 Å². The van der Waals surface area contributed by atoms with E-state index in [-0.39, 0.29) is 5.91 Å². The van der Waals surface area contributed by atoms with Crippen molar-refractivity contribution in [1.29, 1.82) is 0 Å². The van der Waals surface area contributed by atoms with Gasteiger partial charge in [-0.25, -0.2) is 4.39 Å². The topological polar surface area (TPSA) is 50.7 Å². The zero-order valence-corrected chi connectivity index (χ0v) is 8.94. The van der Waals surface area contributed by atoms with Crippen LogP contribution in [0.3, 0.4) is 0 Å². The lowest BCUT2D eigenvalue weighted by molar-refractivity contribution is 0.0963. The number of carbonyl (C=O) groups is 1. The molecule has 0 heterocycles. The second kappa shape index (κ2) is 6.55. The number of hydrogen-bond donors (Lipinski definition) is 1. The van der Waals surface area contributed by atoms with Crippen LogP contribution in [0, 0.1) is 0 Å². The number of aliphatic imine (C=N–C) groups is 1. The van der Waals surface area contributed by atoms with Gasteiger partial charge in [-0.05, 0) is 17.7 Å². The highest BCUT2D eigenvalue weighted by atomic mass is 19.1. The van der Waals surface area contributed by atoms with Crippen molar-refractivity contribution < 1.29 is 13.9 Å². The summed E-state index contributed by atoms with van der Waals surface area (Å²) in [5.41, 5.74) is 1.52. The van der Waals surface area contributed by atoms with Gasteiger partial charge in [0, 0.05) is 12.6 Å². The minimum absolute atomic E-state index is 0.129. The standard InChI is InChI=1S/C11H13FN2O2/c1-13-11(15)10-4-2-9(3-5-10)6-14-8-16-7-12/h2-5,8H,6-7H2,1H3,(H,13,15). The SMILES string of the molecule is CNC(=O)c1ccc(CN=COCF)cc1. The summed E-state index contributed by atoms with van der Waals surface area (Å²) in [6.07, 6.45) is 1.08. The van der Waals surface area contributed by atoms with E-state index in [9.17, 15) is 9.18 Å². The summed E-state index contributed by atoms with van der Waals surface area (Å²) in [5.74, 6) is -0.129. The summed E-state index contributed by atoms with van der Waals surface area (Å²) >= 11 is 0. The van der Waals surface area contributed by atoms with E-state index in [1.807, 2.05) is 0 Å². The van der Waals surface area contributed by atoms with Crippen molar-refractivity contribution in [3.63, 3.8) is 0 Å². The number of nitrogens with zero attached hydrogens (tertiary/aromatic N) is 1. The molecule has 0 saturated carbocycles. The molecule has 1 rings (SSSR count). The lowest BCUT2D eigenvalue weighted by atomic mass is 10.1. The third-order valence-corrected chi connectivity index (χ3v) is 1.93. The molecule has 1 N–H and O–H groups in total. The second-order valence-corrected chi connectivity index (χ2v) is 3.00. The summed E-state index contributed by atoms with van der Waals surface area (Å²) in [6, 6.07) is 6.99. The van der Waals surface area contributed by atoms with E-state index in [0.29, 0.717) is 12.1 Å². The van der Waals surface area contributed by atoms with Crippen LogP contribution >= 0.6 is 0 Å². The predicted molar refractivity (Wildman–Crippen MR) is 59.1 cm³/mol. The largest absolute Gasteiger partial charge is 0.453 e. The van der Waals surface area contributed by atoms with E-state index in [1.54, 1.807) is 31.3 Å². The molecule has 0 aromatic heterocycles. The molecule has 0 bridgehead atoms. The molecular weight excluding hydrogens is 211 g/mol. The van der Waals surface area contributed by atoms with Crippen LogP contribution in [0.15, 0.2) is 29.3 Å². The Bertz CT molecular complexity index is 363. The molecule has 1 aromatic carbocycles. The van der Waals surface area contributed by atoms with Gasteiger partial charge < -0.3 is 10.1 Å². The van der Waals surface area contributed by atoms with E-state index >= 15 is 0 Å². The van der Waals surface area contributed by atoms with E-state index in [4.69, 9.17) is 0 Å². The normalized spacial score (nSPS) is 10.4. The van der Waals surface area contributed by atoms with Gasteiger partial charge in [0.25, 0.3) is 5.91 Å². The molecule has 4 nitrogen and oxygen atoms in total. The van der Waals surface area contributed by atoms with E-state index in [0.717, 1.165) is 12.0 Å². The van der Waals surface area contributed by atoms with Gasteiger partial charge in [-0.2, -0.15) is 0 Å². The van der Waals surface area contributed by atoms with Crippen molar-refractivity contribution in [3.8, 4) is 0 Å². The lowest BCUT2D eigenvalue weighted by Crippen LogP contribution is -2.17. The van der Waals surface area contributed by atoms with Crippen LogP contribution < -0.4 is 5.32 Å². The molecule has 0 radical (unpaired) electrons. The smallest absolute Gasteiger partial charge is 0.251 e. The molecule has 86 valence electrons. The number of halogens is 1. The zero-order valence-electron chi connectivity index (χ0n) is 8.94. The van der Waals surface area contributed by atoms with Crippen molar-refractivity contribution in [2.45, 2.75) is 6.54 Å². The van der Waals surface area contributed by atoms with Crippen molar-refractivity contribution in [2.24, 2.45) is 4.99 Å². The van der Waals surface area contributed by atoms with Gasteiger partial charge in [0.05, 0.1) is 6.54 Å². The number of hydrogen-bond acceptors (Lipinski definition) is 3. The molecule has 5 heteroatoms. The number of amides is 1. The molecule has 0 aliphatic carbocycles. The maximum absolute atomic E-state index is 11.5. The first kappa shape index (κ1) is 12.2. The minimum Gasteiger partial charge on any atom is -0.453 e. The lowest BCUT2D eigenvalue weighted by Gasteiger charge is -2.00. The Morgan fingerprint density at radius 2 is 2.19 bits per heavy atom. The summed E-state index contributed by atoms with van der Waals surface area (Å²) in [5, 5.41) is 2.53. The average Bonchev–Trinajstić information content (AvgIpc) is 2.34. The van der Waals surface area contributed by atoms with Crippen molar-refractivity contribution in [3.05, 3.63) is 35.4 Å². The first-order valence-corrected chi connectivity index (χ1v) is 4.75. The fourth-order valence-electron chi connectivity index (χ4n) is 1.13. The maximum Gasteiger partial charge on any atom is 0.251 e. The van der Waals surface area contributed by atoms with Crippen LogP contribution in [0.5, 0.6) is 0 Å². The number of carbonyl (C=O) groups excluding carboxylic acids is 1. The zero-order chi connectivity index (χ0) is 11.8. The fourth-order valence-corrected chi connectivity index (χ4v) is 1.13. The molecule has 16 heavy (non-hydrogen) atoms. The number of alkyl halides is 1. The van der Waals surface area contributed by atoms with Gasteiger partial charge in [-0.3, -0.25) is 9.79 Å². The average molecular weight is 224 g/mol. The summed E-state index contributed by atoms with van der Waals surface area (Å²) < 4.78 is 15.9. The van der Waals surface area contributed by atoms with Crippen molar-refractivity contribution >= 4 is 12.3 Å². The van der Waals surface area contributed by atoms with E-state index in [1.165, 1.54) is 0 Å². The molecule has 0 aliphatic heterocycles. The van der Waals surface area contributed by atoms with Gasteiger partial charge >= 0.3 is 0 Å². The number of ether oxygens (including phenoxy) is 1. The second-order valence-electron chi connectivity index (χ2n) is 3.00. The molecule has 0 aliphatic rings.